The molecular weight excluding hydrogens is 436 g/mol. The first-order chi connectivity index (χ1) is 15.7. The van der Waals surface area contributed by atoms with Crippen molar-refractivity contribution >= 4 is 27.4 Å². The second-order valence-corrected chi connectivity index (χ2v) is 9.70. The Morgan fingerprint density at radius 1 is 0.818 bits per heavy atom. The van der Waals surface area contributed by atoms with Crippen LogP contribution in [0.15, 0.2) is 77.7 Å². The van der Waals surface area contributed by atoms with Gasteiger partial charge in [-0.3, -0.25) is 9.59 Å². The molecule has 0 spiro atoms. The molecule has 0 saturated heterocycles. The van der Waals surface area contributed by atoms with Crippen LogP contribution in [0.4, 0.5) is 5.69 Å². The standard InChI is InChI=1S/C26H28N2O4S/c1-19-8-9-22(18-20(19)2)25(29)14-15-26(30)28-23-10-12-24(13-11-23)33(31,32)27-17-16-21-6-4-3-5-7-21/h3-13,18,27H,14-17H2,1-2H3,(H,28,30). The quantitative estimate of drug-likeness (QED) is 0.434. The molecule has 0 bridgehead atoms. The van der Waals surface area contributed by atoms with Gasteiger partial charge in [-0.2, -0.15) is 0 Å². The van der Waals surface area contributed by atoms with E-state index in [0.29, 0.717) is 24.2 Å². The smallest absolute Gasteiger partial charge is 0.240 e. The Balaban J connectivity index is 1.49. The van der Waals surface area contributed by atoms with Gasteiger partial charge in [0.25, 0.3) is 0 Å². The Morgan fingerprint density at radius 3 is 2.18 bits per heavy atom. The lowest BCUT2D eigenvalue weighted by Gasteiger charge is -2.09. The van der Waals surface area contributed by atoms with Crippen LogP contribution < -0.4 is 10.0 Å². The monoisotopic (exact) mass is 464 g/mol. The van der Waals surface area contributed by atoms with Crippen molar-refractivity contribution in [3.63, 3.8) is 0 Å². The summed E-state index contributed by atoms with van der Waals surface area (Å²) in [5.74, 6) is -0.389. The molecule has 0 fully saturated rings. The molecule has 0 heterocycles. The van der Waals surface area contributed by atoms with Crippen molar-refractivity contribution in [2.75, 3.05) is 11.9 Å². The number of hydrogen-bond donors (Lipinski definition) is 2. The van der Waals surface area contributed by atoms with E-state index in [0.717, 1.165) is 16.7 Å². The van der Waals surface area contributed by atoms with Gasteiger partial charge in [-0.05, 0) is 67.3 Å². The molecule has 3 rings (SSSR count). The number of amides is 1. The van der Waals surface area contributed by atoms with Crippen LogP contribution in [0.2, 0.25) is 0 Å². The zero-order valence-corrected chi connectivity index (χ0v) is 19.6. The van der Waals surface area contributed by atoms with Crippen molar-refractivity contribution < 1.29 is 18.0 Å². The first-order valence-electron chi connectivity index (χ1n) is 10.8. The summed E-state index contributed by atoms with van der Waals surface area (Å²) in [4.78, 5) is 24.7. The van der Waals surface area contributed by atoms with Crippen molar-refractivity contribution in [1.82, 2.24) is 4.72 Å². The number of carbonyl (C=O) groups is 2. The fourth-order valence-corrected chi connectivity index (χ4v) is 4.32. The van der Waals surface area contributed by atoms with Crippen LogP contribution in [0.3, 0.4) is 0 Å². The third-order valence-electron chi connectivity index (χ3n) is 5.40. The lowest BCUT2D eigenvalue weighted by Crippen LogP contribution is -2.26. The fraction of sp³-hybridized carbons (Fsp3) is 0.231. The first kappa shape index (κ1) is 24.4. The Kier molecular flexibility index (Phi) is 8.14. The highest BCUT2D eigenvalue weighted by Gasteiger charge is 2.14. The molecule has 3 aromatic carbocycles. The largest absolute Gasteiger partial charge is 0.326 e. The summed E-state index contributed by atoms with van der Waals surface area (Å²) < 4.78 is 27.5. The molecule has 0 aliphatic rings. The Labute approximate surface area is 195 Å². The van der Waals surface area contributed by atoms with Gasteiger partial charge in [0, 0.05) is 30.6 Å². The summed E-state index contributed by atoms with van der Waals surface area (Å²) in [6, 6.07) is 21.1. The third kappa shape index (κ3) is 7.10. The molecule has 0 saturated carbocycles. The number of rotatable bonds is 10. The molecule has 0 aliphatic heterocycles. The predicted molar refractivity (Wildman–Crippen MR) is 130 cm³/mol. The molecule has 6 nitrogen and oxygen atoms in total. The van der Waals surface area contributed by atoms with Gasteiger partial charge in [-0.25, -0.2) is 13.1 Å². The lowest BCUT2D eigenvalue weighted by molar-refractivity contribution is -0.116. The molecule has 0 aromatic heterocycles. The minimum Gasteiger partial charge on any atom is -0.326 e. The molecule has 0 atom stereocenters. The molecule has 0 radical (unpaired) electrons. The molecule has 2 N–H and O–H groups in total. The second-order valence-electron chi connectivity index (χ2n) is 7.93. The molecule has 172 valence electrons. The van der Waals surface area contributed by atoms with Crippen molar-refractivity contribution in [3.05, 3.63) is 95.1 Å². The zero-order valence-electron chi connectivity index (χ0n) is 18.8. The molecule has 7 heteroatoms. The molecule has 0 aliphatic carbocycles. The number of anilines is 1. The maximum absolute atomic E-state index is 12.5. The fourth-order valence-electron chi connectivity index (χ4n) is 3.28. The predicted octanol–water partition coefficient (Wildman–Crippen LogP) is 4.43. The van der Waals surface area contributed by atoms with Crippen LogP contribution in [0.25, 0.3) is 0 Å². The summed E-state index contributed by atoms with van der Waals surface area (Å²) >= 11 is 0. The van der Waals surface area contributed by atoms with Crippen molar-refractivity contribution in [2.24, 2.45) is 0 Å². The van der Waals surface area contributed by atoms with E-state index in [4.69, 9.17) is 0 Å². The topological polar surface area (TPSA) is 92.3 Å². The van der Waals surface area contributed by atoms with Gasteiger partial charge in [-0.1, -0.05) is 42.5 Å². The molecule has 1 amide bonds. The average molecular weight is 465 g/mol. The highest BCUT2D eigenvalue weighted by molar-refractivity contribution is 7.89. The number of carbonyl (C=O) groups excluding carboxylic acids is 2. The molecular formula is C26H28N2O4S. The number of nitrogens with one attached hydrogen (secondary N) is 2. The summed E-state index contributed by atoms with van der Waals surface area (Å²) in [5, 5.41) is 2.71. The zero-order chi connectivity index (χ0) is 23.8. The number of Topliss-reactive ketones (excluding diaryl/α,β-unsaturated/α-hetero) is 1. The van der Waals surface area contributed by atoms with Crippen LogP contribution in [-0.4, -0.2) is 26.7 Å². The summed E-state index contributed by atoms with van der Waals surface area (Å²) in [7, 11) is -3.64. The minimum absolute atomic E-state index is 0.0485. The van der Waals surface area contributed by atoms with Gasteiger partial charge in [0.2, 0.25) is 15.9 Å². The summed E-state index contributed by atoms with van der Waals surface area (Å²) in [6.07, 6.45) is 0.744. The molecule has 3 aromatic rings. The summed E-state index contributed by atoms with van der Waals surface area (Å²) in [6.45, 7) is 4.22. The molecule has 0 unspecified atom stereocenters. The maximum atomic E-state index is 12.5. The molecule has 33 heavy (non-hydrogen) atoms. The van der Waals surface area contributed by atoms with Crippen LogP contribution in [0.5, 0.6) is 0 Å². The van der Waals surface area contributed by atoms with Crippen LogP contribution in [0, 0.1) is 13.8 Å². The van der Waals surface area contributed by atoms with Crippen LogP contribution in [-0.2, 0) is 21.2 Å². The summed E-state index contributed by atoms with van der Waals surface area (Å²) in [5.41, 5.74) is 4.27. The van der Waals surface area contributed by atoms with E-state index < -0.39 is 10.0 Å². The number of benzene rings is 3. The van der Waals surface area contributed by atoms with Crippen molar-refractivity contribution in [3.8, 4) is 0 Å². The van der Waals surface area contributed by atoms with E-state index in [9.17, 15) is 18.0 Å². The lowest BCUT2D eigenvalue weighted by atomic mass is 10.0. The number of aryl methyl sites for hydroxylation is 2. The van der Waals surface area contributed by atoms with E-state index in [2.05, 4.69) is 10.0 Å². The Hall–Kier alpha value is -3.29. The SMILES string of the molecule is Cc1ccc(C(=O)CCC(=O)Nc2ccc(S(=O)(=O)NCCc3ccccc3)cc2)cc1C. The van der Waals surface area contributed by atoms with Crippen molar-refractivity contribution in [1.29, 1.82) is 0 Å². The highest BCUT2D eigenvalue weighted by atomic mass is 32.2. The first-order valence-corrected chi connectivity index (χ1v) is 12.3. The van der Waals surface area contributed by atoms with Crippen molar-refractivity contribution in [2.45, 2.75) is 38.0 Å². The minimum atomic E-state index is -3.64. The van der Waals surface area contributed by atoms with Gasteiger partial charge in [0.05, 0.1) is 4.90 Å². The van der Waals surface area contributed by atoms with Gasteiger partial charge in [0.15, 0.2) is 5.78 Å². The van der Waals surface area contributed by atoms with Gasteiger partial charge in [0.1, 0.15) is 0 Å². The van der Waals surface area contributed by atoms with E-state index in [1.165, 1.54) is 24.3 Å². The number of hydrogen-bond acceptors (Lipinski definition) is 4. The normalized spacial score (nSPS) is 11.2. The van der Waals surface area contributed by atoms with Crippen LogP contribution >= 0.6 is 0 Å². The second kappa shape index (κ2) is 11.0. The highest BCUT2D eigenvalue weighted by Crippen LogP contribution is 2.16. The third-order valence-corrected chi connectivity index (χ3v) is 6.88. The maximum Gasteiger partial charge on any atom is 0.240 e. The van der Waals surface area contributed by atoms with Crippen LogP contribution in [0.1, 0.15) is 39.9 Å². The Morgan fingerprint density at radius 2 is 1.52 bits per heavy atom. The average Bonchev–Trinajstić information content (AvgIpc) is 2.80. The van der Waals surface area contributed by atoms with Gasteiger partial charge >= 0.3 is 0 Å². The van der Waals surface area contributed by atoms with E-state index in [-0.39, 0.29) is 29.4 Å². The number of ketones is 1. The number of sulfonamides is 1. The van der Waals surface area contributed by atoms with Gasteiger partial charge < -0.3 is 5.32 Å². The van der Waals surface area contributed by atoms with E-state index >= 15 is 0 Å². The van der Waals surface area contributed by atoms with Gasteiger partial charge in [-0.15, -0.1) is 0 Å². The van der Waals surface area contributed by atoms with E-state index in [1.807, 2.05) is 56.3 Å². The Bertz CT molecular complexity index is 1220. The van der Waals surface area contributed by atoms with E-state index in [1.54, 1.807) is 6.07 Å².